The van der Waals surface area contributed by atoms with Crippen LogP contribution in [0, 0.1) is 10.7 Å². The Balaban J connectivity index is 3.34. The second-order valence-electron chi connectivity index (χ2n) is 4.54. The van der Waals surface area contributed by atoms with Crippen LogP contribution >= 0.6 is 0 Å². The first-order chi connectivity index (χ1) is 5.92. The zero-order chi connectivity index (χ0) is 10.3. The lowest BCUT2D eigenvalue weighted by molar-refractivity contribution is 0.307. The molecule has 0 unspecified atom stereocenters. The molecule has 0 saturated heterocycles. The second kappa shape index (κ2) is 6.68. The molecule has 0 heterocycles. The van der Waals surface area contributed by atoms with Gasteiger partial charge in [0.25, 0.3) is 0 Å². The monoisotopic (exact) mass is 212 g/mol. The van der Waals surface area contributed by atoms with Crippen LogP contribution in [0.5, 0.6) is 0 Å². The molecule has 0 saturated carbocycles. The van der Waals surface area contributed by atoms with E-state index in [1.165, 1.54) is 0 Å². The summed E-state index contributed by atoms with van der Waals surface area (Å²) in [6.07, 6.45) is 2.11. The zero-order valence-corrected chi connectivity index (χ0v) is 11.8. The van der Waals surface area contributed by atoms with Crippen LogP contribution in [-0.2, 0) is 4.43 Å². The first-order valence-corrected chi connectivity index (χ1v) is 11.3. The molecule has 0 spiro atoms. The molecule has 0 aliphatic rings. The maximum absolute atomic E-state index is 5.72. The van der Waals surface area contributed by atoms with Gasteiger partial charge in [-0.15, -0.1) is 5.92 Å². The van der Waals surface area contributed by atoms with Crippen LogP contribution in [0.2, 0.25) is 31.2 Å². The molecule has 0 amide bonds. The molecule has 74 valence electrons. The van der Waals surface area contributed by atoms with Crippen LogP contribution in [0.25, 0.3) is 0 Å². The van der Waals surface area contributed by atoms with Gasteiger partial charge in [-0.05, 0) is 26.1 Å². The smallest absolute Gasteiger partial charge is 0.369 e. The van der Waals surface area contributed by atoms with Crippen molar-refractivity contribution in [1.29, 1.82) is 0 Å². The molecule has 0 N–H and O–H groups in total. The van der Waals surface area contributed by atoms with Gasteiger partial charge < -0.3 is 4.43 Å². The summed E-state index contributed by atoms with van der Waals surface area (Å²) in [4.78, 5) is 3.29. The van der Waals surface area contributed by atoms with E-state index in [0.29, 0.717) is 0 Å². The Hall–Kier alpha value is 0.269. The van der Waals surface area contributed by atoms with Gasteiger partial charge in [-0.25, -0.2) is 4.78 Å². The summed E-state index contributed by atoms with van der Waals surface area (Å²) in [7, 11) is -1.28. The van der Waals surface area contributed by atoms with Crippen LogP contribution in [0.1, 0.15) is 12.8 Å². The van der Waals surface area contributed by atoms with Crippen LogP contribution in [0.15, 0.2) is 0 Å². The quantitative estimate of drug-likeness (QED) is 0.395. The lowest BCUT2D eigenvalue weighted by atomic mass is 10.3. The van der Waals surface area contributed by atoms with Gasteiger partial charge in [0.15, 0.2) is 8.32 Å². The van der Waals surface area contributed by atoms with E-state index in [0.717, 1.165) is 19.4 Å². The van der Waals surface area contributed by atoms with Gasteiger partial charge in [0, 0.05) is 13.0 Å². The third-order valence-electron chi connectivity index (χ3n) is 1.37. The zero-order valence-electron chi connectivity index (χ0n) is 9.61. The van der Waals surface area contributed by atoms with Crippen molar-refractivity contribution in [2.24, 2.45) is 0 Å². The third-order valence-corrected chi connectivity index (χ3v) is 3.22. The Morgan fingerprint density at radius 1 is 1.23 bits per heavy atom. The number of hydrogen-bond donors (Lipinski definition) is 0. The van der Waals surface area contributed by atoms with E-state index in [-0.39, 0.29) is 0 Å². The number of unbranched alkanes of at least 4 members (excludes halogenated alkanes) is 1. The fourth-order valence-electron chi connectivity index (χ4n) is 0.815. The van der Waals surface area contributed by atoms with Gasteiger partial charge >= 0.3 is 14.1 Å². The lowest BCUT2D eigenvalue weighted by Crippen LogP contribution is -2.25. The van der Waals surface area contributed by atoms with E-state index >= 15 is 0 Å². The van der Waals surface area contributed by atoms with Crippen LogP contribution in [0.3, 0.4) is 0 Å². The van der Waals surface area contributed by atoms with Crippen molar-refractivity contribution in [3.63, 3.8) is 0 Å². The molecule has 0 aliphatic heterocycles. The van der Waals surface area contributed by atoms with Gasteiger partial charge in [-0.2, -0.15) is 0 Å². The average molecular weight is 212 g/mol. The summed E-state index contributed by atoms with van der Waals surface area (Å²) in [5.74, 6) is 7.73. The highest BCUT2D eigenvalue weighted by Crippen LogP contribution is 2.03. The predicted octanol–water partition coefficient (Wildman–Crippen LogP) is 2.92. The summed E-state index contributed by atoms with van der Waals surface area (Å²) in [6, 6.07) is 0. The molecule has 0 rings (SSSR count). The maximum atomic E-state index is 5.72. The van der Waals surface area contributed by atoms with Gasteiger partial charge in [-0.1, -0.05) is 11.6 Å². The normalized spacial score (nSPS) is 10.5. The molecule has 3 heteroatoms. The van der Waals surface area contributed by atoms with Crippen molar-refractivity contribution in [3.05, 3.63) is 0 Å². The number of hydrogen-bond acceptors (Lipinski definition) is 1. The Labute approximate surface area is 88.4 Å². The first-order valence-electron chi connectivity index (χ1n) is 5.04. The standard InChI is InChI=1S/C8H15OSi.2CH3.Al/c1-5-6-7-8-9-10(2,3)4;;;/h6-8H2,2-4H3;2*1H3;. The van der Waals surface area contributed by atoms with E-state index in [4.69, 9.17) is 4.43 Å². The van der Waals surface area contributed by atoms with Crippen LogP contribution < -0.4 is 0 Å². The topological polar surface area (TPSA) is 9.23 Å². The Morgan fingerprint density at radius 2 is 1.85 bits per heavy atom. The summed E-state index contributed by atoms with van der Waals surface area (Å²) < 4.78 is 5.72. The van der Waals surface area contributed by atoms with Crippen molar-refractivity contribution in [3.8, 4) is 10.7 Å². The fourth-order valence-corrected chi connectivity index (χ4v) is 2.12. The van der Waals surface area contributed by atoms with Gasteiger partial charge in [0.05, 0.1) is 0 Å². The van der Waals surface area contributed by atoms with Crippen molar-refractivity contribution >= 4 is 22.5 Å². The molecule has 0 aromatic rings. The van der Waals surface area contributed by atoms with Crippen molar-refractivity contribution < 1.29 is 4.43 Å². The summed E-state index contributed by atoms with van der Waals surface area (Å²) in [5, 5.41) is 0. The number of rotatable bonds is 4. The van der Waals surface area contributed by atoms with Crippen molar-refractivity contribution in [2.75, 3.05) is 6.61 Å². The van der Waals surface area contributed by atoms with E-state index in [2.05, 4.69) is 41.9 Å². The minimum absolute atomic E-state index is 0.649. The predicted molar refractivity (Wildman–Crippen MR) is 63.8 cm³/mol. The first kappa shape index (κ1) is 13.3. The Morgan fingerprint density at radius 3 is 2.31 bits per heavy atom. The molecule has 0 aromatic heterocycles. The molecular weight excluding hydrogens is 191 g/mol. The highest BCUT2D eigenvalue weighted by Gasteiger charge is 2.12. The van der Waals surface area contributed by atoms with Crippen molar-refractivity contribution in [2.45, 2.75) is 44.1 Å². The molecule has 0 atom stereocenters. The van der Waals surface area contributed by atoms with Crippen LogP contribution in [0.4, 0.5) is 0 Å². The van der Waals surface area contributed by atoms with E-state index < -0.39 is 22.5 Å². The van der Waals surface area contributed by atoms with Crippen LogP contribution in [-0.4, -0.2) is 29.1 Å². The fraction of sp³-hybridized carbons (Fsp3) is 0.800. The SMILES string of the molecule is [CH3][Al]([CH3])[C]#CCCCO[Si](C)(C)C. The van der Waals surface area contributed by atoms with Gasteiger partial charge in [0.2, 0.25) is 0 Å². The van der Waals surface area contributed by atoms with Gasteiger partial charge in [-0.3, -0.25) is 0 Å². The minimum Gasteiger partial charge on any atom is -0.418 e. The molecule has 0 bridgehead atoms. The van der Waals surface area contributed by atoms with Gasteiger partial charge in [0.1, 0.15) is 0 Å². The van der Waals surface area contributed by atoms with E-state index in [1.54, 1.807) is 0 Å². The molecule has 0 aliphatic carbocycles. The second-order valence-corrected chi connectivity index (χ2v) is 11.7. The largest absolute Gasteiger partial charge is 0.418 e. The molecule has 13 heavy (non-hydrogen) atoms. The molecular formula is C10H21AlOSi. The minimum atomic E-state index is -1.28. The molecule has 0 aromatic carbocycles. The molecule has 0 fully saturated rings. The Bertz CT molecular complexity index is 185. The summed E-state index contributed by atoms with van der Waals surface area (Å²) >= 11 is -0.649. The maximum Gasteiger partial charge on any atom is 0.369 e. The third kappa shape index (κ3) is 12.3. The molecule has 0 radical (unpaired) electrons. The lowest BCUT2D eigenvalue weighted by Gasteiger charge is -2.16. The van der Waals surface area contributed by atoms with E-state index in [1.807, 2.05) is 0 Å². The molecule has 1 nitrogen and oxygen atoms in total. The Kier molecular flexibility index (Phi) is 6.82. The average Bonchev–Trinajstić information content (AvgIpc) is 1.93. The summed E-state index contributed by atoms with van der Waals surface area (Å²) in [5.41, 5.74) is 0. The highest BCUT2D eigenvalue weighted by molar-refractivity contribution is 6.69. The summed E-state index contributed by atoms with van der Waals surface area (Å²) in [6.45, 7) is 7.56. The van der Waals surface area contributed by atoms with E-state index in [9.17, 15) is 0 Å². The van der Waals surface area contributed by atoms with Crippen molar-refractivity contribution in [1.82, 2.24) is 0 Å². The highest BCUT2D eigenvalue weighted by atomic mass is 28.4.